The van der Waals surface area contributed by atoms with Gasteiger partial charge >= 0.3 is 0 Å². The lowest BCUT2D eigenvalue weighted by Crippen LogP contribution is -2.15. The number of hydrogen-bond donors (Lipinski definition) is 0. The molecule has 2 aromatic carbocycles. The number of benzene rings is 2. The summed E-state index contributed by atoms with van der Waals surface area (Å²) in [7, 11) is 0. The van der Waals surface area contributed by atoms with Gasteiger partial charge in [-0.2, -0.15) is 0 Å². The van der Waals surface area contributed by atoms with Crippen molar-refractivity contribution in [1.29, 1.82) is 0 Å². The normalized spacial score (nSPS) is 13.6. The van der Waals surface area contributed by atoms with E-state index < -0.39 is 0 Å². The van der Waals surface area contributed by atoms with Crippen molar-refractivity contribution >= 4 is 5.71 Å². The number of nitrogens with zero attached hydrogens (tertiary/aromatic N) is 4. The average Bonchev–Trinajstić information content (AvgIpc) is 2.98. The fourth-order valence-corrected chi connectivity index (χ4v) is 2.73. The molecule has 0 fully saturated rings. The molecule has 0 spiro atoms. The Bertz CT molecular complexity index is 852. The molecule has 3 aromatic rings. The number of fused-ring (bicyclic) bond motifs is 3. The van der Waals surface area contributed by atoms with Crippen LogP contribution in [0.3, 0.4) is 0 Å². The maximum Gasteiger partial charge on any atom is 0.139 e. The van der Waals surface area contributed by atoms with Gasteiger partial charge in [0.2, 0.25) is 0 Å². The second-order valence-electron chi connectivity index (χ2n) is 5.12. The molecule has 0 atom stereocenters. The lowest BCUT2D eigenvalue weighted by molar-refractivity contribution is 0.626. The highest BCUT2D eigenvalue weighted by atomic mass is 19.1. The van der Waals surface area contributed by atoms with Gasteiger partial charge in [-0.1, -0.05) is 30.3 Å². The van der Waals surface area contributed by atoms with E-state index in [2.05, 4.69) is 15.2 Å². The van der Waals surface area contributed by atoms with E-state index in [0.717, 1.165) is 28.4 Å². The minimum atomic E-state index is -0.280. The molecule has 0 saturated carbocycles. The summed E-state index contributed by atoms with van der Waals surface area (Å²) >= 11 is 0. The van der Waals surface area contributed by atoms with Gasteiger partial charge in [-0.15, -0.1) is 10.2 Å². The summed E-state index contributed by atoms with van der Waals surface area (Å²) in [6.07, 6.45) is 2.37. The Hall–Kier alpha value is -2.82. The second-order valence-corrected chi connectivity index (χ2v) is 5.12. The van der Waals surface area contributed by atoms with Crippen molar-refractivity contribution < 1.29 is 4.39 Å². The Balaban J connectivity index is 1.98. The minimum Gasteiger partial charge on any atom is -0.285 e. The minimum absolute atomic E-state index is 0.280. The molecule has 1 aromatic heterocycles. The van der Waals surface area contributed by atoms with Crippen LogP contribution in [0, 0.1) is 5.82 Å². The molecule has 5 heteroatoms. The Labute approximate surface area is 127 Å². The summed E-state index contributed by atoms with van der Waals surface area (Å²) in [6.45, 7) is 0.596. The Morgan fingerprint density at radius 1 is 1.05 bits per heavy atom. The zero-order valence-corrected chi connectivity index (χ0v) is 11.8. The first-order chi connectivity index (χ1) is 10.8. The van der Waals surface area contributed by atoms with E-state index in [9.17, 15) is 4.39 Å². The molecule has 108 valence electrons. The van der Waals surface area contributed by atoms with Gasteiger partial charge in [-0.05, 0) is 18.2 Å². The van der Waals surface area contributed by atoms with Gasteiger partial charge in [-0.3, -0.25) is 9.56 Å². The van der Waals surface area contributed by atoms with Crippen molar-refractivity contribution in [1.82, 2.24) is 14.8 Å². The molecule has 22 heavy (non-hydrogen) atoms. The lowest BCUT2D eigenvalue weighted by Gasteiger charge is -2.17. The molecule has 4 rings (SSSR count). The third-order valence-electron chi connectivity index (χ3n) is 3.74. The first-order valence-electron chi connectivity index (χ1n) is 7.12. The third kappa shape index (κ3) is 2.11. The highest BCUT2D eigenvalue weighted by molar-refractivity contribution is 6.15. The zero-order valence-electron chi connectivity index (χ0n) is 11.8. The summed E-state index contributed by atoms with van der Waals surface area (Å²) < 4.78 is 15.7. The van der Waals surface area contributed by atoms with Crippen molar-refractivity contribution in [2.45, 2.75) is 6.42 Å². The van der Waals surface area contributed by atoms with E-state index in [4.69, 9.17) is 0 Å². The highest BCUT2D eigenvalue weighted by Crippen LogP contribution is 2.23. The van der Waals surface area contributed by atoms with E-state index in [0.29, 0.717) is 13.0 Å². The average molecular weight is 292 g/mol. The molecule has 1 aliphatic heterocycles. The van der Waals surface area contributed by atoms with Crippen LogP contribution in [-0.4, -0.2) is 27.0 Å². The van der Waals surface area contributed by atoms with E-state index in [1.54, 1.807) is 12.4 Å². The molecule has 0 saturated heterocycles. The standard InChI is InChI=1S/C17H13FN4/c18-13-6-7-15-14(10-13)17(12-4-2-1-3-5-12)19-9-8-16-21-20-11-22(15)16/h1-7,10-11H,8-9H2. The Morgan fingerprint density at radius 2 is 1.91 bits per heavy atom. The first-order valence-corrected chi connectivity index (χ1v) is 7.12. The van der Waals surface area contributed by atoms with Crippen molar-refractivity contribution in [3.63, 3.8) is 0 Å². The maximum atomic E-state index is 13.8. The molecule has 2 heterocycles. The van der Waals surface area contributed by atoms with Gasteiger partial charge in [0.1, 0.15) is 18.0 Å². The number of halogens is 1. The van der Waals surface area contributed by atoms with E-state index in [-0.39, 0.29) is 5.82 Å². The van der Waals surface area contributed by atoms with Gasteiger partial charge in [0.25, 0.3) is 0 Å². The van der Waals surface area contributed by atoms with Gasteiger partial charge < -0.3 is 0 Å². The lowest BCUT2D eigenvalue weighted by atomic mass is 9.99. The molecule has 0 radical (unpaired) electrons. The van der Waals surface area contributed by atoms with Crippen LogP contribution in [0.1, 0.15) is 17.0 Å². The van der Waals surface area contributed by atoms with Crippen molar-refractivity contribution in [3.8, 4) is 5.69 Å². The monoisotopic (exact) mass is 292 g/mol. The molecule has 0 N–H and O–H groups in total. The third-order valence-corrected chi connectivity index (χ3v) is 3.74. The smallest absolute Gasteiger partial charge is 0.139 e. The molecule has 0 bridgehead atoms. The highest BCUT2D eigenvalue weighted by Gasteiger charge is 2.18. The summed E-state index contributed by atoms with van der Waals surface area (Å²) in [5.74, 6) is 0.557. The predicted molar refractivity (Wildman–Crippen MR) is 82.0 cm³/mol. The van der Waals surface area contributed by atoms with Crippen molar-refractivity contribution in [2.75, 3.05) is 6.54 Å². The van der Waals surface area contributed by atoms with Gasteiger partial charge in [0, 0.05) is 24.1 Å². The van der Waals surface area contributed by atoms with Gasteiger partial charge in [-0.25, -0.2) is 4.39 Å². The van der Waals surface area contributed by atoms with Crippen LogP contribution in [-0.2, 0) is 6.42 Å². The molecule has 1 aliphatic rings. The van der Waals surface area contributed by atoms with Crippen LogP contribution in [0.2, 0.25) is 0 Å². The van der Waals surface area contributed by atoms with Gasteiger partial charge in [0.15, 0.2) is 0 Å². The second kappa shape index (κ2) is 5.18. The molecular weight excluding hydrogens is 279 g/mol. The van der Waals surface area contributed by atoms with Crippen LogP contribution in [0.5, 0.6) is 0 Å². The number of aromatic nitrogens is 3. The summed E-state index contributed by atoms with van der Waals surface area (Å²) in [4.78, 5) is 4.68. The zero-order chi connectivity index (χ0) is 14.9. The molecule has 0 amide bonds. The van der Waals surface area contributed by atoms with Crippen LogP contribution in [0.4, 0.5) is 4.39 Å². The van der Waals surface area contributed by atoms with Crippen LogP contribution < -0.4 is 0 Å². The quantitative estimate of drug-likeness (QED) is 0.692. The van der Waals surface area contributed by atoms with Crippen LogP contribution in [0.25, 0.3) is 5.69 Å². The Morgan fingerprint density at radius 3 is 2.77 bits per heavy atom. The van der Waals surface area contributed by atoms with E-state index >= 15 is 0 Å². The van der Waals surface area contributed by atoms with E-state index in [1.807, 2.05) is 34.9 Å². The van der Waals surface area contributed by atoms with E-state index in [1.165, 1.54) is 12.1 Å². The summed E-state index contributed by atoms with van der Waals surface area (Å²) in [5, 5.41) is 8.10. The largest absolute Gasteiger partial charge is 0.285 e. The molecule has 0 aliphatic carbocycles. The number of hydrogen-bond acceptors (Lipinski definition) is 3. The SMILES string of the molecule is Fc1ccc2c(c1)C(c1ccccc1)=NCCc1nncn1-2. The number of rotatable bonds is 1. The topological polar surface area (TPSA) is 43.1 Å². The van der Waals surface area contributed by atoms with Crippen LogP contribution in [0.15, 0.2) is 59.9 Å². The fraction of sp³-hybridized carbons (Fsp3) is 0.118. The molecular formula is C17H13FN4. The first kappa shape index (κ1) is 12.9. The van der Waals surface area contributed by atoms with Crippen molar-refractivity contribution in [3.05, 3.63) is 77.6 Å². The fourth-order valence-electron chi connectivity index (χ4n) is 2.73. The predicted octanol–water partition coefficient (Wildman–Crippen LogP) is 2.80. The maximum absolute atomic E-state index is 13.8. The van der Waals surface area contributed by atoms with Crippen molar-refractivity contribution in [2.24, 2.45) is 4.99 Å². The molecule has 4 nitrogen and oxygen atoms in total. The summed E-state index contributed by atoms with van der Waals surface area (Å²) in [6, 6.07) is 14.6. The molecule has 0 unspecified atom stereocenters. The van der Waals surface area contributed by atoms with Crippen LogP contribution >= 0.6 is 0 Å². The summed E-state index contributed by atoms with van der Waals surface area (Å²) in [5.41, 5.74) is 3.39. The number of aliphatic imine (C=N–C) groups is 1. The van der Waals surface area contributed by atoms with Gasteiger partial charge in [0.05, 0.1) is 11.4 Å². The Kier molecular flexibility index (Phi) is 3.04.